The average Bonchev–Trinajstić information content (AvgIpc) is 2.35. The van der Waals surface area contributed by atoms with E-state index in [2.05, 4.69) is 0 Å². The number of carbonyl (C=O) groups is 1. The van der Waals surface area contributed by atoms with Crippen LogP contribution in [0.4, 0.5) is 0 Å². The Bertz CT molecular complexity index is 439. The number of ether oxygens (including phenoxy) is 1. The van der Waals surface area contributed by atoms with Gasteiger partial charge in [0.1, 0.15) is 11.5 Å². The molecule has 0 spiro atoms. The first-order valence-electron chi connectivity index (χ1n) is 6.90. The van der Waals surface area contributed by atoms with Crippen molar-refractivity contribution < 1.29 is 9.53 Å². The van der Waals surface area contributed by atoms with Crippen molar-refractivity contribution in [1.29, 1.82) is 0 Å². The minimum Gasteiger partial charge on any atom is -0.494 e. The standard InChI is InChI=1S/C16H23ClO2/c1-5-19-16-9-12(4)14(17)10-13(16)7-6-8-15(18)11(2)3/h9-11H,5-8H2,1-4H3. The summed E-state index contributed by atoms with van der Waals surface area (Å²) in [7, 11) is 0. The molecule has 0 unspecified atom stereocenters. The Morgan fingerprint density at radius 1 is 1.37 bits per heavy atom. The summed E-state index contributed by atoms with van der Waals surface area (Å²) in [5.74, 6) is 1.32. The van der Waals surface area contributed by atoms with Crippen molar-refractivity contribution in [2.75, 3.05) is 6.61 Å². The van der Waals surface area contributed by atoms with Crippen LogP contribution in [0.3, 0.4) is 0 Å². The molecule has 2 nitrogen and oxygen atoms in total. The van der Waals surface area contributed by atoms with Gasteiger partial charge >= 0.3 is 0 Å². The van der Waals surface area contributed by atoms with E-state index in [1.165, 1.54) is 0 Å². The third kappa shape index (κ3) is 4.87. The molecule has 19 heavy (non-hydrogen) atoms. The Kier molecular flexibility index (Phi) is 6.36. The molecule has 0 fully saturated rings. The minimum absolute atomic E-state index is 0.118. The van der Waals surface area contributed by atoms with Crippen LogP contribution in [0.1, 0.15) is 44.7 Å². The van der Waals surface area contributed by atoms with Gasteiger partial charge in [-0.05, 0) is 49.9 Å². The zero-order valence-corrected chi connectivity index (χ0v) is 13.0. The molecular weight excluding hydrogens is 260 g/mol. The van der Waals surface area contributed by atoms with Crippen LogP contribution in [0.2, 0.25) is 5.02 Å². The molecule has 1 aromatic carbocycles. The van der Waals surface area contributed by atoms with E-state index in [-0.39, 0.29) is 5.92 Å². The molecule has 0 heterocycles. The molecule has 0 N–H and O–H groups in total. The first-order chi connectivity index (χ1) is 8.95. The second-order valence-electron chi connectivity index (χ2n) is 5.12. The summed E-state index contributed by atoms with van der Waals surface area (Å²) >= 11 is 6.16. The SMILES string of the molecule is CCOc1cc(C)c(Cl)cc1CCCC(=O)C(C)C. The second kappa shape index (κ2) is 7.54. The third-order valence-corrected chi connectivity index (χ3v) is 3.56. The number of hydrogen-bond acceptors (Lipinski definition) is 2. The van der Waals surface area contributed by atoms with Crippen LogP contribution in [-0.4, -0.2) is 12.4 Å². The van der Waals surface area contributed by atoms with E-state index >= 15 is 0 Å². The van der Waals surface area contributed by atoms with Crippen molar-refractivity contribution in [2.24, 2.45) is 5.92 Å². The van der Waals surface area contributed by atoms with E-state index in [1.54, 1.807) is 0 Å². The number of rotatable bonds is 7. The number of carbonyl (C=O) groups excluding carboxylic acids is 1. The van der Waals surface area contributed by atoms with Crippen molar-refractivity contribution in [1.82, 2.24) is 0 Å². The van der Waals surface area contributed by atoms with Crippen LogP contribution in [0, 0.1) is 12.8 Å². The maximum atomic E-state index is 11.6. The summed E-state index contributed by atoms with van der Waals surface area (Å²) in [6.45, 7) is 8.46. The van der Waals surface area contributed by atoms with Gasteiger partial charge in [0.15, 0.2) is 0 Å². The van der Waals surface area contributed by atoms with Crippen LogP contribution >= 0.6 is 11.6 Å². The van der Waals surface area contributed by atoms with Gasteiger partial charge in [-0.1, -0.05) is 25.4 Å². The zero-order valence-electron chi connectivity index (χ0n) is 12.3. The van der Waals surface area contributed by atoms with E-state index in [4.69, 9.17) is 16.3 Å². The van der Waals surface area contributed by atoms with Gasteiger partial charge in [-0.3, -0.25) is 4.79 Å². The molecule has 106 valence electrons. The maximum Gasteiger partial charge on any atom is 0.135 e. The topological polar surface area (TPSA) is 26.3 Å². The van der Waals surface area contributed by atoms with Crippen LogP contribution in [-0.2, 0) is 11.2 Å². The Morgan fingerprint density at radius 2 is 2.05 bits per heavy atom. The van der Waals surface area contributed by atoms with Gasteiger partial charge in [0, 0.05) is 17.4 Å². The van der Waals surface area contributed by atoms with Crippen LogP contribution in [0.15, 0.2) is 12.1 Å². The molecule has 0 radical (unpaired) electrons. The highest BCUT2D eigenvalue weighted by molar-refractivity contribution is 6.31. The Balaban J connectivity index is 2.71. The summed E-state index contributed by atoms with van der Waals surface area (Å²) in [6.07, 6.45) is 2.29. The lowest BCUT2D eigenvalue weighted by Gasteiger charge is -2.12. The molecule has 0 aromatic heterocycles. The van der Waals surface area contributed by atoms with Gasteiger partial charge in [0.25, 0.3) is 0 Å². The molecule has 1 aromatic rings. The molecule has 3 heteroatoms. The lowest BCUT2D eigenvalue weighted by molar-refractivity contribution is -0.121. The predicted molar refractivity (Wildman–Crippen MR) is 80.1 cm³/mol. The third-order valence-electron chi connectivity index (χ3n) is 3.15. The lowest BCUT2D eigenvalue weighted by Crippen LogP contribution is -2.07. The van der Waals surface area contributed by atoms with Gasteiger partial charge in [-0.15, -0.1) is 0 Å². The molecule has 0 aliphatic heterocycles. The molecule has 1 rings (SSSR count). The van der Waals surface area contributed by atoms with Crippen LogP contribution in [0.25, 0.3) is 0 Å². The molecule has 0 aliphatic rings. The number of halogens is 1. The van der Waals surface area contributed by atoms with E-state index in [0.29, 0.717) is 18.8 Å². The molecule has 0 atom stereocenters. The molecule has 0 saturated heterocycles. The molecule has 0 bridgehead atoms. The fourth-order valence-electron chi connectivity index (χ4n) is 1.92. The summed E-state index contributed by atoms with van der Waals surface area (Å²) in [4.78, 5) is 11.6. The smallest absolute Gasteiger partial charge is 0.135 e. The number of aryl methyl sites for hydroxylation is 2. The van der Waals surface area contributed by atoms with Crippen LogP contribution < -0.4 is 4.74 Å². The number of ketones is 1. The molecule has 0 aliphatic carbocycles. The molecule has 0 amide bonds. The van der Waals surface area contributed by atoms with Gasteiger partial charge < -0.3 is 4.74 Å². The quantitative estimate of drug-likeness (QED) is 0.731. The first kappa shape index (κ1) is 16.0. The maximum absolute atomic E-state index is 11.6. The van der Waals surface area contributed by atoms with E-state index in [1.807, 2.05) is 39.8 Å². The number of hydrogen-bond donors (Lipinski definition) is 0. The summed E-state index contributed by atoms with van der Waals surface area (Å²) in [5.41, 5.74) is 2.11. The van der Waals surface area contributed by atoms with Crippen LogP contribution in [0.5, 0.6) is 5.75 Å². The average molecular weight is 283 g/mol. The molecular formula is C16H23ClO2. The van der Waals surface area contributed by atoms with Crippen molar-refractivity contribution in [3.05, 3.63) is 28.3 Å². The Hall–Kier alpha value is -1.02. The van der Waals surface area contributed by atoms with Gasteiger partial charge in [0.05, 0.1) is 6.61 Å². The largest absolute Gasteiger partial charge is 0.494 e. The van der Waals surface area contributed by atoms with E-state index < -0.39 is 0 Å². The predicted octanol–water partition coefficient (Wildman–Crippen LogP) is 4.59. The Labute approximate surface area is 121 Å². The van der Waals surface area contributed by atoms with Crippen molar-refractivity contribution >= 4 is 17.4 Å². The fourth-order valence-corrected chi connectivity index (χ4v) is 2.11. The summed E-state index contributed by atoms with van der Waals surface area (Å²) < 4.78 is 5.63. The minimum atomic E-state index is 0.118. The number of benzene rings is 1. The highest BCUT2D eigenvalue weighted by Gasteiger charge is 2.10. The van der Waals surface area contributed by atoms with E-state index in [9.17, 15) is 4.79 Å². The van der Waals surface area contributed by atoms with Gasteiger partial charge in [-0.25, -0.2) is 0 Å². The highest BCUT2D eigenvalue weighted by atomic mass is 35.5. The Morgan fingerprint density at radius 3 is 2.63 bits per heavy atom. The van der Waals surface area contributed by atoms with Gasteiger partial charge in [-0.2, -0.15) is 0 Å². The lowest BCUT2D eigenvalue weighted by atomic mass is 10.00. The van der Waals surface area contributed by atoms with Crippen molar-refractivity contribution in [2.45, 2.75) is 47.0 Å². The summed E-state index contributed by atoms with van der Waals surface area (Å²) in [6, 6.07) is 3.94. The zero-order chi connectivity index (χ0) is 14.4. The van der Waals surface area contributed by atoms with Gasteiger partial charge in [0.2, 0.25) is 0 Å². The monoisotopic (exact) mass is 282 g/mol. The molecule has 0 saturated carbocycles. The summed E-state index contributed by atoms with van der Waals surface area (Å²) in [5, 5.41) is 0.758. The fraction of sp³-hybridized carbons (Fsp3) is 0.562. The normalized spacial score (nSPS) is 10.8. The van der Waals surface area contributed by atoms with Crippen molar-refractivity contribution in [3.63, 3.8) is 0 Å². The second-order valence-corrected chi connectivity index (χ2v) is 5.52. The first-order valence-corrected chi connectivity index (χ1v) is 7.28. The van der Waals surface area contributed by atoms with Crippen molar-refractivity contribution in [3.8, 4) is 5.75 Å². The highest BCUT2D eigenvalue weighted by Crippen LogP contribution is 2.28. The van der Waals surface area contributed by atoms with E-state index in [0.717, 1.165) is 34.7 Å². The number of Topliss-reactive ketones (excluding diaryl/α,β-unsaturated/α-hetero) is 1.